The van der Waals surface area contributed by atoms with E-state index in [1.807, 2.05) is 36.4 Å². The van der Waals surface area contributed by atoms with Crippen LogP contribution < -0.4 is 10.2 Å². The number of halogens is 1. The molecule has 2 amide bonds. The smallest absolute Gasteiger partial charge is 0.313 e. The molecule has 5 nitrogen and oxygen atoms in total. The molecule has 28 heavy (non-hydrogen) atoms. The molecule has 4 rings (SSSR count). The van der Waals surface area contributed by atoms with Crippen LogP contribution in [0.3, 0.4) is 0 Å². The van der Waals surface area contributed by atoms with Gasteiger partial charge >= 0.3 is 11.8 Å². The van der Waals surface area contributed by atoms with Crippen LogP contribution in [-0.2, 0) is 9.59 Å². The van der Waals surface area contributed by atoms with Crippen LogP contribution in [0.4, 0.5) is 15.8 Å². The van der Waals surface area contributed by atoms with E-state index in [2.05, 4.69) is 10.2 Å². The van der Waals surface area contributed by atoms with Gasteiger partial charge in [-0.25, -0.2) is 4.39 Å². The first-order valence-electron chi connectivity index (χ1n) is 9.20. The fourth-order valence-electron chi connectivity index (χ4n) is 3.47. The van der Waals surface area contributed by atoms with E-state index in [4.69, 9.17) is 0 Å². The first kappa shape index (κ1) is 18.0. The number of carbonyl (C=O) groups is 2. The maximum absolute atomic E-state index is 13.1. The Morgan fingerprint density at radius 3 is 2.25 bits per heavy atom. The van der Waals surface area contributed by atoms with E-state index < -0.39 is 11.8 Å². The summed E-state index contributed by atoms with van der Waals surface area (Å²) in [4.78, 5) is 28.7. The van der Waals surface area contributed by atoms with Gasteiger partial charge in [-0.3, -0.25) is 9.59 Å². The summed E-state index contributed by atoms with van der Waals surface area (Å²) in [6, 6.07) is 19.6. The van der Waals surface area contributed by atoms with Gasteiger partial charge in [0.05, 0.1) is 0 Å². The lowest BCUT2D eigenvalue weighted by molar-refractivity contribution is -0.143. The topological polar surface area (TPSA) is 52.7 Å². The Morgan fingerprint density at radius 2 is 1.50 bits per heavy atom. The van der Waals surface area contributed by atoms with Gasteiger partial charge in [0.15, 0.2) is 0 Å². The van der Waals surface area contributed by atoms with Crippen LogP contribution in [0.15, 0.2) is 66.7 Å². The minimum atomic E-state index is -0.633. The van der Waals surface area contributed by atoms with E-state index >= 15 is 0 Å². The molecule has 0 unspecified atom stereocenters. The Labute approximate surface area is 162 Å². The number of hydrogen-bond donors (Lipinski definition) is 1. The zero-order valence-corrected chi connectivity index (χ0v) is 15.3. The average Bonchev–Trinajstić information content (AvgIpc) is 2.74. The van der Waals surface area contributed by atoms with E-state index in [9.17, 15) is 14.0 Å². The van der Waals surface area contributed by atoms with Gasteiger partial charge in [-0.05, 0) is 35.7 Å². The summed E-state index contributed by atoms with van der Waals surface area (Å²) in [7, 11) is 0. The van der Waals surface area contributed by atoms with Crippen molar-refractivity contribution in [3.8, 4) is 0 Å². The summed E-state index contributed by atoms with van der Waals surface area (Å²) in [5, 5.41) is 4.64. The van der Waals surface area contributed by atoms with Crippen LogP contribution in [0.1, 0.15) is 0 Å². The third-order valence-electron chi connectivity index (χ3n) is 4.99. The molecule has 0 bridgehead atoms. The van der Waals surface area contributed by atoms with Crippen LogP contribution in [-0.4, -0.2) is 42.9 Å². The maximum Gasteiger partial charge on any atom is 0.313 e. The summed E-state index contributed by atoms with van der Waals surface area (Å²) in [5.41, 5.74) is 1.54. The standard InChI is InChI=1S/C22H20FN3O2/c23-17-8-10-18(11-9-17)25-12-14-26(15-13-25)22(28)21(27)24-20-7-3-5-16-4-1-2-6-19(16)20/h1-11H,12-15H2,(H,24,27). The number of amides is 2. The summed E-state index contributed by atoms with van der Waals surface area (Å²) < 4.78 is 13.1. The molecule has 3 aromatic rings. The fraction of sp³-hybridized carbons (Fsp3) is 0.182. The first-order valence-corrected chi connectivity index (χ1v) is 9.20. The Balaban J connectivity index is 1.39. The second kappa shape index (κ2) is 7.68. The van der Waals surface area contributed by atoms with Crippen molar-refractivity contribution in [2.75, 3.05) is 36.4 Å². The highest BCUT2D eigenvalue weighted by Gasteiger charge is 2.26. The normalized spacial score (nSPS) is 14.2. The lowest BCUT2D eigenvalue weighted by Gasteiger charge is -2.35. The minimum Gasteiger partial charge on any atom is -0.368 e. The van der Waals surface area contributed by atoms with Gasteiger partial charge < -0.3 is 15.1 Å². The van der Waals surface area contributed by atoms with E-state index in [1.165, 1.54) is 12.1 Å². The maximum atomic E-state index is 13.1. The van der Waals surface area contributed by atoms with Crippen molar-refractivity contribution in [2.24, 2.45) is 0 Å². The molecule has 6 heteroatoms. The number of rotatable bonds is 2. The Bertz CT molecular complexity index is 1010. The highest BCUT2D eigenvalue weighted by Crippen LogP contribution is 2.23. The van der Waals surface area contributed by atoms with Crippen LogP contribution >= 0.6 is 0 Å². The number of nitrogens with one attached hydrogen (secondary N) is 1. The largest absolute Gasteiger partial charge is 0.368 e. The molecule has 1 aliphatic rings. The number of nitrogens with zero attached hydrogens (tertiary/aromatic N) is 2. The molecular weight excluding hydrogens is 357 g/mol. The number of benzene rings is 3. The van der Waals surface area contributed by atoms with Crippen molar-refractivity contribution in [1.29, 1.82) is 0 Å². The number of anilines is 2. The molecule has 0 saturated carbocycles. The summed E-state index contributed by atoms with van der Waals surface area (Å²) in [5.74, 6) is -1.44. The molecule has 142 valence electrons. The molecule has 0 aromatic heterocycles. The molecule has 0 atom stereocenters. The van der Waals surface area contributed by atoms with Crippen molar-refractivity contribution in [3.63, 3.8) is 0 Å². The van der Waals surface area contributed by atoms with E-state index in [0.717, 1.165) is 16.5 Å². The zero-order chi connectivity index (χ0) is 19.5. The minimum absolute atomic E-state index is 0.275. The zero-order valence-electron chi connectivity index (χ0n) is 15.3. The second-order valence-electron chi connectivity index (χ2n) is 6.74. The van der Waals surface area contributed by atoms with Crippen molar-refractivity contribution in [3.05, 3.63) is 72.5 Å². The van der Waals surface area contributed by atoms with Crippen LogP contribution in [0.2, 0.25) is 0 Å². The lowest BCUT2D eigenvalue weighted by Crippen LogP contribution is -2.51. The molecule has 0 spiro atoms. The van der Waals surface area contributed by atoms with Gasteiger partial charge in [-0.15, -0.1) is 0 Å². The predicted octanol–water partition coefficient (Wildman–Crippen LogP) is 3.27. The monoisotopic (exact) mass is 377 g/mol. The molecule has 0 aliphatic carbocycles. The molecule has 1 N–H and O–H groups in total. The number of hydrogen-bond acceptors (Lipinski definition) is 3. The SMILES string of the molecule is O=C(Nc1cccc2ccccc12)C(=O)N1CCN(c2ccc(F)cc2)CC1. The van der Waals surface area contributed by atoms with Crippen LogP contribution in [0.5, 0.6) is 0 Å². The molecule has 3 aromatic carbocycles. The fourth-order valence-corrected chi connectivity index (χ4v) is 3.47. The number of fused-ring (bicyclic) bond motifs is 1. The Morgan fingerprint density at radius 1 is 0.821 bits per heavy atom. The molecule has 1 fully saturated rings. The number of carbonyl (C=O) groups excluding carboxylic acids is 2. The summed E-state index contributed by atoms with van der Waals surface area (Å²) in [6.07, 6.45) is 0. The van der Waals surface area contributed by atoms with Crippen LogP contribution in [0.25, 0.3) is 10.8 Å². The van der Waals surface area contributed by atoms with Crippen molar-refractivity contribution in [1.82, 2.24) is 4.90 Å². The van der Waals surface area contributed by atoms with Gasteiger partial charge in [-0.2, -0.15) is 0 Å². The Kier molecular flexibility index (Phi) is 4.93. The van der Waals surface area contributed by atoms with Crippen LogP contribution in [0, 0.1) is 5.82 Å². The quantitative estimate of drug-likeness (QED) is 0.698. The third-order valence-corrected chi connectivity index (χ3v) is 4.99. The highest BCUT2D eigenvalue weighted by atomic mass is 19.1. The second-order valence-corrected chi connectivity index (χ2v) is 6.74. The lowest BCUT2D eigenvalue weighted by atomic mass is 10.1. The van der Waals surface area contributed by atoms with Gasteiger partial charge in [-0.1, -0.05) is 36.4 Å². The Hall–Kier alpha value is -3.41. The van der Waals surface area contributed by atoms with Crippen molar-refractivity contribution >= 4 is 34.0 Å². The van der Waals surface area contributed by atoms with Crippen molar-refractivity contribution < 1.29 is 14.0 Å². The van der Waals surface area contributed by atoms with Crippen molar-refractivity contribution in [2.45, 2.75) is 0 Å². The number of piperazine rings is 1. The van der Waals surface area contributed by atoms with Gasteiger partial charge in [0.1, 0.15) is 5.82 Å². The molecular formula is C22H20FN3O2. The van der Waals surface area contributed by atoms with Gasteiger partial charge in [0, 0.05) is 42.9 Å². The van der Waals surface area contributed by atoms with Gasteiger partial charge in [0.25, 0.3) is 0 Å². The average molecular weight is 377 g/mol. The van der Waals surface area contributed by atoms with E-state index in [1.54, 1.807) is 23.1 Å². The molecule has 1 heterocycles. The third kappa shape index (κ3) is 3.67. The van der Waals surface area contributed by atoms with E-state index in [-0.39, 0.29) is 5.82 Å². The molecule has 0 radical (unpaired) electrons. The van der Waals surface area contributed by atoms with Gasteiger partial charge in [0.2, 0.25) is 0 Å². The molecule has 1 saturated heterocycles. The highest BCUT2D eigenvalue weighted by molar-refractivity contribution is 6.40. The summed E-state index contributed by atoms with van der Waals surface area (Å²) in [6.45, 7) is 2.08. The summed E-state index contributed by atoms with van der Waals surface area (Å²) >= 11 is 0. The predicted molar refractivity (Wildman–Crippen MR) is 108 cm³/mol. The molecule has 1 aliphatic heterocycles. The first-order chi connectivity index (χ1) is 13.6. The van der Waals surface area contributed by atoms with E-state index in [0.29, 0.717) is 31.9 Å².